The molecule has 3 aliphatic carbocycles. The quantitative estimate of drug-likeness (QED) is 0.683. The predicted octanol–water partition coefficient (Wildman–Crippen LogP) is 3.66. The van der Waals surface area contributed by atoms with Gasteiger partial charge in [0.1, 0.15) is 5.78 Å². The van der Waals surface area contributed by atoms with Gasteiger partial charge in [0.2, 0.25) is 5.91 Å². The number of rotatable bonds is 0. The Hall–Kier alpha value is -0.860. The van der Waals surface area contributed by atoms with Gasteiger partial charge in [-0.2, -0.15) is 0 Å². The lowest BCUT2D eigenvalue weighted by atomic mass is 9.47. The van der Waals surface area contributed by atoms with E-state index in [1.54, 1.807) is 0 Å². The number of nitrogens with zero attached hydrogens (tertiary/aromatic N) is 1. The first-order chi connectivity index (χ1) is 10.8. The number of Topliss-reactive ketones (excluding diaryl/α,β-unsaturated/α-hetero) is 1. The Morgan fingerprint density at radius 3 is 2.52 bits per heavy atom. The third-order valence-corrected chi connectivity index (χ3v) is 8.56. The molecule has 4 aliphatic rings. The lowest BCUT2D eigenvalue weighted by Gasteiger charge is -2.61. The largest absolute Gasteiger partial charge is 0.342 e. The van der Waals surface area contributed by atoms with E-state index in [2.05, 4.69) is 25.7 Å². The molecule has 23 heavy (non-hydrogen) atoms. The van der Waals surface area contributed by atoms with Crippen molar-refractivity contribution in [3.63, 3.8) is 0 Å². The van der Waals surface area contributed by atoms with Crippen molar-refractivity contribution in [1.82, 2.24) is 4.90 Å². The summed E-state index contributed by atoms with van der Waals surface area (Å²) in [5.74, 6) is 3.10. The van der Waals surface area contributed by atoms with Gasteiger partial charge in [-0.3, -0.25) is 9.59 Å². The Bertz CT molecular complexity index is 558. The maximum absolute atomic E-state index is 12.7. The summed E-state index contributed by atoms with van der Waals surface area (Å²) >= 11 is 0. The molecule has 1 aliphatic heterocycles. The van der Waals surface area contributed by atoms with Crippen molar-refractivity contribution < 1.29 is 9.59 Å². The summed E-state index contributed by atoms with van der Waals surface area (Å²) < 4.78 is 0. The van der Waals surface area contributed by atoms with E-state index in [0.29, 0.717) is 41.9 Å². The second kappa shape index (κ2) is 4.83. The molecule has 128 valence electrons. The van der Waals surface area contributed by atoms with E-state index in [1.165, 1.54) is 12.8 Å². The number of hydrogen-bond donors (Lipinski definition) is 0. The first-order valence-corrected chi connectivity index (χ1v) is 9.59. The fourth-order valence-corrected chi connectivity index (χ4v) is 7.26. The van der Waals surface area contributed by atoms with E-state index in [0.717, 1.165) is 25.7 Å². The Kier molecular flexibility index (Phi) is 3.29. The first kappa shape index (κ1) is 15.7. The van der Waals surface area contributed by atoms with Crippen molar-refractivity contribution in [3.05, 3.63) is 0 Å². The fourth-order valence-electron chi connectivity index (χ4n) is 7.26. The number of fused-ring (bicyclic) bond motifs is 5. The van der Waals surface area contributed by atoms with Crippen LogP contribution in [0.4, 0.5) is 0 Å². The minimum absolute atomic E-state index is 0.0554. The summed E-state index contributed by atoms with van der Waals surface area (Å²) in [4.78, 5) is 26.9. The number of piperidine rings is 1. The fraction of sp³-hybridized carbons (Fsp3) is 0.900. The summed E-state index contributed by atoms with van der Waals surface area (Å²) in [6, 6.07) is 0.420. The highest BCUT2D eigenvalue weighted by atomic mass is 16.2. The third kappa shape index (κ3) is 1.88. The van der Waals surface area contributed by atoms with Gasteiger partial charge in [-0.25, -0.2) is 0 Å². The van der Waals surface area contributed by atoms with Gasteiger partial charge in [-0.05, 0) is 61.7 Å². The van der Waals surface area contributed by atoms with Crippen molar-refractivity contribution >= 4 is 11.7 Å². The van der Waals surface area contributed by atoms with Gasteiger partial charge in [-0.1, -0.05) is 20.8 Å². The highest BCUT2D eigenvalue weighted by Gasteiger charge is 2.62. The molecule has 3 saturated carbocycles. The lowest BCUT2D eigenvalue weighted by molar-refractivity contribution is -0.158. The van der Waals surface area contributed by atoms with E-state index in [1.807, 2.05) is 7.05 Å². The molecule has 0 N–H and O–H groups in total. The average Bonchev–Trinajstić information content (AvgIpc) is 2.75. The minimum Gasteiger partial charge on any atom is -0.342 e. The van der Waals surface area contributed by atoms with Crippen LogP contribution in [0, 0.1) is 34.5 Å². The molecule has 4 rings (SSSR count). The number of hydrogen-bond acceptors (Lipinski definition) is 2. The second-order valence-electron chi connectivity index (χ2n) is 9.44. The van der Waals surface area contributed by atoms with E-state index < -0.39 is 0 Å². The number of amides is 1. The van der Waals surface area contributed by atoms with Crippen molar-refractivity contribution in [1.29, 1.82) is 0 Å². The summed E-state index contributed by atoms with van der Waals surface area (Å²) in [5.41, 5.74) is 0.210. The topological polar surface area (TPSA) is 37.4 Å². The van der Waals surface area contributed by atoms with Crippen LogP contribution in [-0.2, 0) is 9.59 Å². The zero-order valence-corrected chi connectivity index (χ0v) is 15.1. The van der Waals surface area contributed by atoms with Gasteiger partial charge >= 0.3 is 0 Å². The van der Waals surface area contributed by atoms with Crippen LogP contribution >= 0.6 is 0 Å². The molecule has 1 saturated heterocycles. The number of carbonyl (C=O) groups is 2. The lowest BCUT2D eigenvalue weighted by Crippen LogP contribution is -2.61. The van der Waals surface area contributed by atoms with Gasteiger partial charge in [0, 0.05) is 30.8 Å². The Morgan fingerprint density at radius 2 is 1.78 bits per heavy atom. The average molecular weight is 317 g/mol. The van der Waals surface area contributed by atoms with Gasteiger partial charge in [0.25, 0.3) is 0 Å². The Labute approximate surface area is 140 Å². The highest BCUT2D eigenvalue weighted by molar-refractivity contribution is 5.89. The zero-order valence-electron chi connectivity index (χ0n) is 15.1. The molecule has 0 spiro atoms. The molecule has 0 unspecified atom stereocenters. The molecule has 0 aromatic carbocycles. The molecular weight excluding hydrogens is 286 g/mol. The van der Waals surface area contributed by atoms with Gasteiger partial charge in [0.15, 0.2) is 0 Å². The predicted molar refractivity (Wildman–Crippen MR) is 89.7 cm³/mol. The standard InChI is InChI=1S/C20H31NO2/c1-12-11-15-13-5-6-16-19(2,10-8-17(22)21(16)4)14(13)7-9-20(15,3)18(12)23/h12-16H,5-11H2,1-4H3/t12-,13+,14-,15-,16+,19+,20-/m0/s1. The third-order valence-electron chi connectivity index (χ3n) is 8.56. The summed E-state index contributed by atoms with van der Waals surface area (Å²) in [6.07, 6.45) is 7.47. The Morgan fingerprint density at radius 1 is 1.04 bits per heavy atom. The summed E-state index contributed by atoms with van der Waals surface area (Å²) in [5, 5.41) is 0. The second-order valence-corrected chi connectivity index (χ2v) is 9.44. The molecular formula is C20H31NO2. The SMILES string of the molecule is C[C@H]1C[C@H]2[C@@H]3CC[C@H]4N(C)C(=O)CC[C@]4(C)[C@H]3CC[C@]2(C)C1=O. The Balaban J connectivity index is 1.67. The van der Waals surface area contributed by atoms with Gasteiger partial charge < -0.3 is 4.90 Å². The van der Waals surface area contributed by atoms with E-state index in [4.69, 9.17) is 0 Å². The normalized spacial score (nSPS) is 52.9. The molecule has 7 atom stereocenters. The highest BCUT2D eigenvalue weighted by Crippen LogP contribution is 2.64. The van der Waals surface area contributed by atoms with E-state index >= 15 is 0 Å². The van der Waals surface area contributed by atoms with Crippen molar-refractivity contribution in [2.75, 3.05) is 7.05 Å². The van der Waals surface area contributed by atoms with Crippen LogP contribution in [-0.4, -0.2) is 29.7 Å². The van der Waals surface area contributed by atoms with Crippen LogP contribution < -0.4 is 0 Å². The number of carbonyl (C=O) groups excluding carboxylic acids is 2. The smallest absolute Gasteiger partial charge is 0.222 e. The van der Waals surface area contributed by atoms with E-state index in [9.17, 15) is 9.59 Å². The molecule has 4 fully saturated rings. The molecule has 0 aromatic heterocycles. The van der Waals surface area contributed by atoms with Crippen LogP contribution in [0.1, 0.15) is 65.7 Å². The van der Waals surface area contributed by atoms with Crippen LogP contribution in [0.3, 0.4) is 0 Å². The van der Waals surface area contributed by atoms with Crippen molar-refractivity contribution in [2.24, 2.45) is 34.5 Å². The molecule has 3 nitrogen and oxygen atoms in total. The summed E-state index contributed by atoms with van der Waals surface area (Å²) in [7, 11) is 2.01. The molecule has 1 amide bonds. The maximum Gasteiger partial charge on any atom is 0.222 e. The van der Waals surface area contributed by atoms with Crippen molar-refractivity contribution in [3.8, 4) is 0 Å². The molecule has 0 aromatic rings. The zero-order chi connectivity index (χ0) is 16.6. The molecule has 0 radical (unpaired) electrons. The summed E-state index contributed by atoms with van der Waals surface area (Å²) in [6.45, 7) is 6.84. The number of likely N-dealkylation sites (tertiary alicyclic amines) is 1. The molecule has 1 heterocycles. The van der Waals surface area contributed by atoms with Crippen LogP contribution in [0.5, 0.6) is 0 Å². The van der Waals surface area contributed by atoms with Crippen LogP contribution in [0.15, 0.2) is 0 Å². The van der Waals surface area contributed by atoms with Gasteiger partial charge in [-0.15, -0.1) is 0 Å². The minimum atomic E-state index is -0.0554. The monoisotopic (exact) mass is 317 g/mol. The first-order valence-electron chi connectivity index (χ1n) is 9.59. The number of ketones is 1. The van der Waals surface area contributed by atoms with E-state index in [-0.39, 0.29) is 16.7 Å². The van der Waals surface area contributed by atoms with Gasteiger partial charge in [0.05, 0.1) is 0 Å². The maximum atomic E-state index is 12.7. The van der Waals surface area contributed by atoms with Crippen LogP contribution in [0.2, 0.25) is 0 Å². The molecule has 0 bridgehead atoms. The van der Waals surface area contributed by atoms with Crippen LogP contribution in [0.25, 0.3) is 0 Å². The van der Waals surface area contributed by atoms with Crippen molar-refractivity contribution in [2.45, 2.75) is 71.8 Å². The molecule has 3 heteroatoms.